The van der Waals surface area contributed by atoms with Gasteiger partial charge in [-0.25, -0.2) is 0 Å². The second-order valence-electron chi connectivity index (χ2n) is 3.77. The van der Waals surface area contributed by atoms with Crippen molar-refractivity contribution in [1.29, 1.82) is 0 Å². The monoisotopic (exact) mass is 257 g/mol. The summed E-state index contributed by atoms with van der Waals surface area (Å²) >= 11 is 0. The van der Waals surface area contributed by atoms with Gasteiger partial charge in [0.25, 0.3) is 0 Å². The van der Waals surface area contributed by atoms with E-state index in [0.29, 0.717) is 0 Å². The Bertz CT molecular complexity index is 142. The van der Waals surface area contributed by atoms with E-state index in [4.69, 9.17) is 0 Å². The molecule has 13 heavy (non-hydrogen) atoms. The van der Waals surface area contributed by atoms with Crippen LogP contribution in [-0.2, 0) is 4.79 Å². The van der Waals surface area contributed by atoms with E-state index in [2.05, 4.69) is 0 Å². The van der Waals surface area contributed by atoms with E-state index in [-0.39, 0.29) is 51.9 Å². The van der Waals surface area contributed by atoms with E-state index in [9.17, 15) is 9.90 Å². The van der Waals surface area contributed by atoms with Crippen molar-refractivity contribution in [3.05, 3.63) is 0 Å². The molecule has 0 atom stereocenters. The number of rotatable bonds is 4. The molecule has 1 aliphatic rings. The maximum atomic E-state index is 10.1. The molecule has 0 bridgehead atoms. The van der Waals surface area contributed by atoms with E-state index < -0.39 is 5.97 Å². The third-order valence-corrected chi connectivity index (χ3v) is 2.72. The van der Waals surface area contributed by atoms with Crippen LogP contribution < -0.4 is 5.11 Å². The summed E-state index contributed by atoms with van der Waals surface area (Å²) in [5.74, 6) is -0.0936. The Balaban J connectivity index is 0.00000144. The molecule has 1 rings (SSSR count). The maximum absolute atomic E-state index is 10.1. The van der Waals surface area contributed by atoms with Crippen LogP contribution in [0.5, 0.6) is 0 Å². The standard InChI is InChI=1S/C10H18O2.Sr/c11-10(12)8-4-7-9-5-2-1-3-6-9;/h9H,1-8H2,(H,11,12);/q;+2/p-1. The molecule has 0 saturated heterocycles. The summed E-state index contributed by atoms with van der Waals surface area (Å²) in [5, 5.41) is 10.1. The Morgan fingerprint density at radius 3 is 2.38 bits per heavy atom. The third kappa shape index (κ3) is 6.95. The number of carboxylic acids is 1. The van der Waals surface area contributed by atoms with Gasteiger partial charge in [0.15, 0.2) is 0 Å². The van der Waals surface area contributed by atoms with E-state index in [1.807, 2.05) is 0 Å². The fourth-order valence-corrected chi connectivity index (χ4v) is 2.01. The average Bonchev–Trinajstić information content (AvgIpc) is 2.05. The fourth-order valence-electron chi connectivity index (χ4n) is 2.01. The van der Waals surface area contributed by atoms with Gasteiger partial charge in [0.1, 0.15) is 0 Å². The Morgan fingerprint density at radius 2 is 1.85 bits per heavy atom. The number of aliphatic carboxylic acids is 1. The van der Waals surface area contributed by atoms with Gasteiger partial charge in [0.2, 0.25) is 0 Å². The van der Waals surface area contributed by atoms with E-state index in [1.165, 1.54) is 32.1 Å². The van der Waals surface area contributed by atoms with Gasteiger partial charge in [-0.1, -0.05) is 38.5 Å². The first-order valence-corrected chi connectivity index (χ1v) is 4.99. The largest absolute Gasteiger partial charge is 2.00 e. The van der Waals surface area contributed by atoms with Crippen LogP contribution in [0.2, 0.25) is 0 Å². The van der Waals surface area contributed by atoms with Crippen LogP contribution in [0.4, 0.5) is 0 Å². The summed E-state index contributed by atoms with van der Waals surface area (Å²) in [7, 11) is 0. The van der Waals surface area contributed by atoms with Crippen LogP contribution in [0.1, 0.15) is 51.4 Å². The Labute approximate surface area is 117 Å². The van der Waals surface area contributed by atoms with Crippen LogP contribution in [0.15, 0.2) is 0 Å². The van der Waals surface area contributed by atoms with Crippen molar-refractivity contribution in [3.63, 3.8) is 0 Å². The molecule has 0 heterocycles. The van der Waals surface area contributed by atoms with Crippen LogP contribution in [-0.4, -0.2) is 51.5 Å². The Hall–Kier alpha value is 0.951. The second-order valence-corrected chi connectivity index (χ2v) is 3.77. The van der Waals surface area contributed by atoms with Gasteiger partial charge in [-0.3, -0.25) is 0 Å². The van der Waals surface area contributed by atoms with Gasteiger partial charge >= 0.3 is 45.5 Å². The van der Waals surface area contributed by atoms with Gasteiger partial charge in [-0.05, 0) is 18.8 Å². The predicted molar refractivity (Wildman–Crippen MR) is 51.2 cm³/mol. The van der Waals surface area contributed by atoms with Gasteiger partial charge in [-0.2, -0.15) is 0 Å². The summed E-state index contributed by atoms with van der Waals surface area (Å²) in [6, 6.07) is 0. The molecule has 0 aromatic heterocycles. The predicted octanol–water partition coefficient (Wildman–Crippen LogP) is 1.11. The van der Waals surface area contributed by atoms with Crippen molar-refractivity contribution in [2.45, 2.75) is 51.4 Å². The zero-order valence-electron chi connectivity index (χ0n) is 8.26. The number of carboxylic acid groups (broad SMARTS) is 1. The maximum Gasteiger partial charge on any atom is 2.00 e. The zero-order valence-corrected chi connectivity index (χ0v) is 11.7. The quantitative estimate of drug-likeness (QED) is 0.707. The first kappa shape index (κ1) is 14.0. The Morgan fingerprint density at radius 1 is 1.23 bits per heavy atom. The third-order valence-electron chi connectivity index (χ3n) is 2.72. The van der Waals surface area contributed by atoms with Gasteiger partial charge in [0, 0.05) is 5.97 Å². The van der Waals surface area contributed by atoms with Crippen molar-refractivity contribution in [2.24, 2.45) is 5.92 Å². The smallest absolute Gasteiger partial charge is 0.550 e. The molecule has 0 radical (unpaired) electrons. The molecular weight excluding hydrogens is 240 g/mol. The first-order chi connectivity index (χ1) is 5.79. The molecule has 0 aromatic carbocycles. The van der Waals surface area contributed by atoms with Crippen molar-refractivity contribution >= 4 is 51.5 Å². The zero-order chi connectivity index (χ0) is 8.81. The molecule has 1 fully saturated rings. The van der Waals surface area contributed by atoms with Crippen LogP contribution in [0.25, 0.3) is 0 Å². The molecule has 1 aliphatic carbocycles. The molecule has 1 saturated carbocycles. The van der Waals surface area contributed by atoms with Crippen molar-refractivity contribution in [1.82, 2.24) is 0 Å². The summed E-state index contributed by atoms with van der Waals surface area (Å²) in [5.41, 5.74) is 0. The topological polar surface area (TPSA) is 40.1 Å². The molecule has 2 nitrogen and oxygen atoms in total. The SMILES string of the molecule is O=C([O-])CCCC1CCCCC1.[Sr+2]. The van der Waals surface area contributed by atoms with E-state index in [0.717, 1.165) is 18.8 Å². The molecule has 70 valence electrons. The molecule has 0 N–H and O–H groups in total. The molecule has 0 spiro atoms. The average molecular weight is 257 g/mol. The molecule has 0 aromatic rings. The summed E-state index contributed by atoms with van der Waals surface area (Å²) in [6.45, 7) is 0. The first-order valence-electron chi connectivity index (χ1n) is 4.99. The minimum absolute atomic E-state index is 0. The van der Waals surface area contributed by atoms with Crippen LogP contribution in [0, 0.1) is 5.92 Å². The molecule has 3 heteroatoms. The van der Waals surface area contributed by atoms with E-state index in [1.54, 1.807) is 0 Å². The van der Waals surface area contributed by atoms with Crippen LogP contribution >= 0.6 is 0 Å². The molecule has 0 amide bonds. The van der Waals surface area contributed by atoms with E-state index >= 15 is 0 Å². The van der Waals surface area contributed by atoms with Crippen LogP contribution in [0.3, 0.4) is 0 Å². The number of hydrogen-bond donors (Lipinski definition) is 0. The van der Waals surface area contributed by atoms with Gasteiger partial charge in [0.05, 0.1) is 0 Å². The number of carbonyl (C=O) groups is 1. The van der Waals surface area contributed by atoms with Crippen molar-refractivity contribution in [2.75, 3.05) is 0 Å². The number of hydrogen-bond acceptors (Lipinski definition) is 2. The molecule has 0 aliphatic heterocycles. The fraction of sp³-hybridized carbons (Fsp3) is 0.900. The summed E-state index contributed by atoms with van der Waals surface area (Å²) < 4.78 is 0. The normalized spacial score (nSPS) is 17.8. The minimum Gasteiger partial charge on any atom is -0.550 e. The molecule has 0 unspecified atom stereocenters. The second kappa shape index (κ2) is 8.27. The van der Waals surface area contributed by atoms with Gasteiger partial charge < -0.3 is 9.90 Å². The minimum atomic E-state index is -0.897. The number of carbonyl (C=O) groups excluding carboxylic acids is 1. The van der Waals surface area contributed by atoms with Crippen molar-refractivity contribution < 1.29 is 9.90 Å². The summed E-state index contributed by atoms with van der Waals surface area (Å²) in [6.07, 6.45) is 8.83. The van der Waals surface area contributed by atoms with Crippen molar-refractivity contribution in [3.8, 4) is 0 Å². The molecular formula is C10H17O2Sr+. The Kier molecular flexibility index (Phi) is 8.88. The van der Waals surface area contributed by atoms with Gasteiger partial charge in [-0.15, -0.1) is 0 Å². The summed E-state index contributed by atoms with van der Waals surface area (Å²) in [4.78, 5) is 10.1.